The van der Waals surface area contributed by atoms with Gasteiger partial charge in [-0.2, -0.15) is 0 Å². The molecule has 0 amide bonds. The highest BCUT2D eigenvalue weighted by Crippen LogP contribution is 2.57. The quantitative estimate of drug-likeness (QED) is 0.136. The van der Waals surface area contributed by atoms with Crippen molar-refractivity contribution in [2.24, 2.45) is 0 Å². The van der Waals surface area contributed by atoms with E-state index in [2.05, 4.69) is 303 Å². The zero-order chi connectivity index (χ0) is 52.9. The molecule has 12 aromatic carbocycles. The summed E-state index contributed by atoms with van der Waals surface area (Å²) < 4.78 is 0. The summed E-state index contributed by atoms with van der Waals surface area (Å²) in [5, 5.41) is 0. The summed E-state index contributed by atoms with van der Waals surface area (Å²) in [6.45, 7) is 0. The Labute approximate surface area is 467 Å². The molecule has 1 heterocycles. The predicted octanol–water partition coefficient (Wildman–Crippen LogP) is 20.1. The molecular formula is C78H52N2. The Morgan fingerprint density at radius 1 is 0.175 bits per heavy atom. The summed E-state index contributed by atoms with van der Waals surface area (Å²) in [5.74, 6) is 0.864. The van der Waals surface area contributed by atoms with Crippen LogP contribution in [0.3, 0.4) is 0 Å². The Hall–Kier alpha value is -10.3. The van der Waals surface area contributed by atoms with Crippen molar-refractivity contribution in [3.05, 3.63) is 337 Å². The van der Waals surface area contributed by atoms with Gasteiger partial charge in [0.1, 0.15) is 0 Å². The Morgan fingerprint density at radius 3 is 1.02 bits per heavy atom. The van der Waals surface area contributed by atoms with Gasteiger partial charge in [0.05, 0.1) is 11.4 Å². The van der Waals surface area contributed by atoms with Gasteiger partial charge >= 0.3 is 0 Å². The van der Waals surface area contributed by atoms with Crippen molar-refractivity contribution in [3.63, 3.8) is 0 Å². The minimum absolute atomic E-state index is 0.0792. The molecule has 0 fully saturated rings. The lowest BCUT2D eigenvalue weighted by Crippen LogP contribution is -2.27. The van der Waals surface area contributed by atoms with Crippen LogP contribution in [0.15, 0.2) is 303 Å². The molecule has 2 nitrogen and oxygen atoms in total. The molecule has 2 heteroatoms. The number of hydrogen-bond acceptors (Lipinski definition) is 2. The van der Waals surface area contributed by atoms with E-state index in [1.807, 2.05) is 0 Å². The second-order valence-electron chi connectivity index (χ2n) is 21.2. The Morgan fingerprint density at radius 2 is 0.500 bits per heavy atom. The van der Waals surface area contributed by atoms with Crippen LogP contribution < -0.4 is 0 Å². The number of benzene rings is 12. The Kier molecular flexibility index (Phi) is 11.7. The third kappa shape index (κ3) is 8.46. The van der Waals surface area contributed by atoms with Crippen molar-refractivity contribution in [2.75, 3.05) is 0 Å². The highest BCUT2D eigenvalue weighted by atomic mass is 14.9. The SMILES string of the molecule is c1ccc(-c2cccc(-c3cc(-c4ccccc4)cc(-c4ccccc4-c4ccc5c(c4)C4c6ccccc6C5c5cc(-c6ccccc6-c6nc(-c7ccccc7)cc(-c7cccc(-c8ccccc8)c7)n6)ccc54)c3)c2)cc1. The molecule has 13 aromatic rings. The van der Waals surface area contributed by atoms with Crippen molar-refractivity contribution in [2.45, 2.75) is 11.8 Å². The fraction of sp³-hybridized carbons (Fsp3) is 0.0256. The van der Waals surface area contributed by atoms with Crippen LogP contribution in [0.2, 0.25) is 0 Å². The van der Waals surface area contributed by atoms with Crippen molar-refractivity contribution in [1.29, 1.82) is 0 Å². The third-order valence-electron chi connectivity index (χ3n) is 16.5. The van der Waals surface area contributed by atoms with Crippen molar-refractivity contribution in [1.82, 2.24) is 9.97 Å². The van der Waals surface area contributed by atoms with Crippen LogP contribution in [-0.4, -0.2) is 9.97 Å². The van der Waals surface area contributed by atoms with Crippen LogP contribution in [0.25, 0.3) is 112 Å². The van der Waals surface area contributed by atoms with E-state index in [-0.39, 0.29) is 11.8 Å². The summed E-state index contributed by atoms with van der Waals surface area (Å²) in [6.07, 6.45) is 0. The maximum atomic E-state index is 5.40. The van der Waals surface area contributed by atoms with Crippen molar-refractivity contribution >= 4 is 0 Å². The van der Waals surface area contributed by atoms with E-state index in [1.165, 1.54) is 94.6 Å². The highest BCUT2D eigenvalue weighted by molar-refractivity contribution is 5.91. The molecular weight excluding hydrogens is 965 g/mol. The number of rotatable bonds is 10. The van der Waals surface area contributed by atoms with Crippen molar-refractivity contribution in [3.8, 4) is 112 Å². The van der Waals surface area contributed by atoms with Crippen molar-refractivity contribution < 1.29 is 0 Å². The van der Waals surface area contributed by atoms with E-state index in [9.17, 15) is 0 Å². The molecule has 0 saturated carbocycles. The first-order valence-electron chi connectivity index (χ1n) is 27.7. The molecule has 2 unspecified atom stereocenters. The lowest BCUT2D eigenvalue weighted by Gasteiger charge is -2.42. The number of aromatic nitrogens is 2. The van der Waals surface area contributed by atoms with Crippen LogP contribution in [0, 0.1) is 0 Å². The first-order valence-corrected chi connectivity index (χ1v) is 27.7. The number of nitrogens with zero attached hydrogens (tertiary/aromatic N) is 2. The number of hydrogen-bond donors (Lipinski definition) is 0. The fourth-order valence-electron chi connectivity index (χ4n) is 12.7. The predicted molar refractivity (Wildman–Crippen MR) is 331 cm³/mol. The molecule has 1 aromatic heterocycles. The van der Waals surface area contributed by atoms with Gasteiger partial charge in [0.2, 0.25) is 0 Å². The van der Waals surface area contributed by atoms with Crippen LogP contribution in [0.1, 0.15) is 45.2 Å². The summed E-state index contributed by atoms with van der Waals surface area (Å²) in [4.78, 5) is 10.8. The lowest BCUT2D eigenvalue weighted by atomic mass is 9.60. The molecule has 2 atom stereocenters. The fourth-order valence-corrected chi connectivity index (χ4v) is 12.7. The van der Waals surface area contributed by atoms with Gasteiger partial charge in [-0.25, -0.2) is 9.97 Å². The molecule has 0 aliphatic heterocycles. The Balaban J connectivity index is 0.822. The average molecular weight is 1020 g/mol. The first kappa shape index (κ1) is 47.0. The smallest absolute Gasteiger partial charge is 0.161 e. The molecule has 3 aliphatic carbocycles. The molecule has 2 bridgehead atoms. The van der Waals surface area contributed by atoms with E-state index < -0.39 is 0 Å². The molecule has 0 radical (unpaired) electrons. The molecule has 374 valence electrons. The van der Waals surface area contributed by atoms with Gasteiger partial charge < -0.3 is 0 Å². The summed E-state index contributed by atoms with van der Waals surface area (Å²) in [6, 6.07) is 111. The molecule has 80 heavy (non-hydrogen) atoms. The van der Waals surface area contributed by atoms with E-state index in [0.29, 0.717) is 5.82 Å². The maximum Gasteiger partial charge on any atom is 0.161 e. The molecule has 0 saturated heterocycles. The zero-order valence-corrected chi connectivity index (χ0v) is 43.9. The molecule has 3 aliphatic rings. The molecule has 0 N–H and O–H groups in total. The second kappa shape index (κ2) is 19.9. The zero-order valence-electron chi connectivity index (χ0n) is 43.9. The summed E-state index contributed by atoms with van der Waals surface area (Å²) >= 11 is 0. The van der Waals surface area contributed by atoms with Gasteiger partial charge in [-0.05, 0) is 160 Å². The van der Waals surface area contributed by atoms with Crippen LogP contribution in [0.4, 0.5) is 0 Å². The van der Waals surface area contributed by atoms with E-state index in [1.54, 1.807) is 0 Å². The lowest BCUT2D eigenvalue weighted by molar-refractivity contribution is 0.755. The van der Waals surface area contributed by atoms with E-state index >= 15 is 0 Å². The van der Waals surface area contributed by atoms with E-state index in [0.717, 1.165) is 44.8 Å². The normalized spacial score (nSPS) is 13.8. The largest absolute Gasteiger partial charge is 0.228 e. The van der Waals surface area contributed by atoms with Gasteiger partial charge in [-0.15, -0.1) is 0 Å². The van der Waals surface area contributed by atoms with Gasteiger partial charge in [0, 0.05) is 28.5 Å². The minimum atomic E-state index is 0.0792. The molecule has 16 rings (SSSR count). The topological polar surface area (TPSA) is 25.8 Å². The minimum Gasteiger partial charge on any atom is -0.228 e. The highest BCUT2D eigenvalue weighted by Gasteiger charge is 2.41. The standard InChI is InChI=1S/C78H52N2/c1-5-21-51(22-6-1)55-29-19-31-57(43-55)62-45-61(53-25-9-3-10-26-53)46-63(47-62)66-35-14-13-33-64(66)58-39-41-69-72(48-58)76-67-36-16-17-37-68(67)77(69)73-49-59(40-42-70(73)76)65-34-15-18-38-71(65)78-79-74(54-27-11-4-12-28-54)50-75(80-78)60-32-20-30-56(44-60)52-23-7-2-8-24-52/h1-50,76-77H. The first-order chi connectivity index (χ1) is 39.6. The van der Waals surface area contributed by atoms with Gasteiger partial charge in [0.25, 0.3) is 0 Å². The van der Waals surface area contributed by atoms with Crippen LogP contribution in [-0.2, 0) is 0 Å². The van der Waals surface area contributed by atoms with Gasteiger partial charge in [-0.1, -0.05) is 255 Å². The van der Waals surface area contributed by atoms with Gasteiger partial charge in [0.15, 0.2) is 5.82 Å². The second-order valence-corrected chi connectivity index (χ2v) is 21.2. The monoisotopic (exact) mass is 1020 g/mol. The Bertz CT molecular complexity index is 4180. The van der Waals surface area contributed by atoms with Gasteiger partial charge in [-0.3, -0.25) is 0 Å². The maximum absolute atomic E-state index is 5.40. The van der Waals surface area contributed by atoms with Crippen LogP contribution >= 0.6 is 0 Å². The van der Waals surface area contributed by atoms with Crippen LogP contribution in [0.5, 0.6) is 0 Å². The summed E-state index contributed by atoms with van der Waals surface area (Å²) in [5.41, 5.74) is 29.8. The third-order valence-corrected chi connectivity index (χ3v) is 16.5. The molecule has 0 spiro atoms. The average Bonchev–Trinajstić information content (AvgIpc) is 3.69. The van der Waals surface area contributed by atoms with E-state index in [4.69, 9.17) is 9.97 Å². The summed E-state index contributed by atoms with van der Waals surface area (Å²) in [7, 11) is 0.